The van der Waals surface area contributed by atoms with Gasteiger partial charge in [0.15, 0.2) is 0 Å². The zero-order chi connectivity index (χ0) is 9.68. The van der Waals surface area contributed by atoms with E-state index in [0.29, 0.717) is 6.61 Å². The first-order valence-electron chi connectivity index (χ1n) is 5.17. The molecule has 0 N–H and O–H groups in total. The second-order valence-electron chi connectivity index (χ2n) is 3.47. The number of ether oxygens (including phenoxy) is 1. The molecule has 1 rings (SSSR count). The molecule has 0 unspecified atom stereocenters. The van der Waals surface area contributed by atoms with Crippen LogP contribution in [0.5, 0.6) is 0 Å². The van der Waals surface area contributed by atoms with Gasteiger partial charge in [-0.15, -0.1) is 0 Å². The van der Waals surface area contributed by atoms with Crippen molar-refractivity contribution in [2.45, 2.75) is 46.0 Å². The summed E-state index contributed by atoms with van der Waals surface area (Å²) in [6.45, 7) is 4.89. The van der Waals surface area contributed by atoms with Crippen LogP contribution in [0.3, 0.4) is 0 Å². The highest BCUT2D eigenvalue weighted by Crippen LogP contribution is 2.24. The van der Waals surface area contributed by atoms with Crippen molar-refractivity contribution in [1.29, 1.82) is 0 Å². The molecule has 0 spiro atoms. The van der Waals surface area contributed by atoms with E-state index in [2.05, 4.69) is 13.8 Å². The minimum absolute atomic E-state index is 0.0723. The third-order valence-corrected chi connectivity index (χ3v) is 2.36. The van der Waals surface area contributed by atoms with Crippen molar-refractivity contribution in [3.63, 3.8) is 0 Å². The lowest BCUT2D eigenvalue weighted by Gasteiger charge is -2.06. The van der Waals surface area contributed by atoms with Crippen LogP contribution in [0, 0.1) is 0 Å². The van der Waals surface area contributed by atoms with E-state index in [4.69, 9.17) is 4.74 Å². The fraction of sp³-hybridized carbons (Fsp3) is 0.727. The summed E-state index contributed by atoms with van der Waals surface area (Å²) < 4.78 is 4.94. The Morgan fingerprint density at radius 2 is 1.92 bits per heavy atom. The molecule has 0 atom stereocenters. The van der Waals surface area contributed by atoms with Crippen molar-refractivity contribution in [3.05, 3.63) is 11.1 Å². The van der Waals surface area contributed by atoms with Gasteiger partial charge in [-0.3, -0.25) is 0 Å². The smallest absolute Gasteiger partial charge is 0.334 e. The second-order valence-corrected chi connectivity index (χ2v) is 3.47. The summed E-state index contributed by atoms with van der Waals surface area (Å²) in [6.07, 6.45) is 5.17. The molecule has 1 aliphatic heterocycles. The first kappa shape index (κ1) is 10.3. The summed E-state index contributed by atoms with van der Waals surface area (Å²) in [5, 5.41) is 0. The standard InChI is InChI=1S/C11H18O2/c1-3-5-9(6-4-2)10-7-8-13-11(10)12/h3-8H2,1-2H3. The first-order chi connectivity index (χ1) is 6.29. The van der Waals surface area contributed by atoms with Crippen molar-refractivity contribution in [2.75, 3.05) is 6.61 Å². The number of carbonyl (C=O) groups excluding carboxylic acids is 1. The molecule has 0 aliphatic carbocycles. The van der Waals surface area contributed by atoms with E-state index in [1.165, 1.54) is 5.57 Å². The highest BCUT2D eigenvalue weighted by atomic mass is 16.5. The SMILES string of the molecule is CCCC(CCC)=C1CCOC1=O. The monoisotopic (exact) mass is 182 g/mol. The Morgan fingerprint density at radius 1 is 1.31 bits per heavy atom. The molecule has 1 aliphatic rings. The molecule has 13 heavy (non-hydrogen) atoms. The molecular formula is C11H18O2. The summed E-state index contributed by atoms with van der Waals surface area (Å²) in [5.74, 6) is -0.0723. The molecule has 0 aromatic heterocycles. The van der Waals surface area contributed by atoms with E-state index in [9.17, 15) is 4.79 Å². The zero-order valence-electron chi connectivity index (χ0n) is 8.56. The Morgan fingerprint density at radius 3 is 2.31 bits per heavy atom. The van der Waals surface area contributed by atoms with Gasteiger partial charge in [0.2, 0.25) is 0 Å². The van der Waals surface area contributed by atoms with E-state index >= 15 is 0 Å². The Hall–Kier alpha value is -0.790. The van der Waals surface area contributed by atoms with Gasteiger partial charge >= 0.3 is 5.97 Å². The Labute approximate surface area is 80.0 Å². The summed E-state index contributed by atoms with van der Waals surface area (Å²) in [7, 11) is 0. The van der Waals surface area contributed by atoms with E-state index in [0.717, 1.165) is 37.7 Å². The fourth-order valence-corrected chi connectivity index (χ4v) is 1.79. The van der Waals surface area contributed by atoms with Crippen LogP contribution in [-0.4, -0.2) is 12.6 Å². The number of rotatable bonds is 4. The second kappa shape index (κ2) is 5.05. The molecule has 0 amide bonds. The van der Waals surface area contributed by atoms with E-state index in [1.54, 1.807) is 0 Å². The van der Waals surface area contributed by atoms with E-state index in [1.807, 2.05) is 0 Å². The van der Waals surface area contributed by atoms with Crippen LogP contribution in [0.4, 0.5) is 0 Å². The van der Waals surface area contributed by atoms with Crippen LogP contribution < -0.4 is 0 Å². The lowest BCUT2D eigenvalue weighted by Crippen LogP contribution is -1.99. The average molecular weight is 182 g/mol. The predicted octanol–water partition coefficient (Wildman–Crippen LogP) is 2.83. The molecule has 1 saturated heterocycles. The molecule has 0 aromatic rings. The quantitative estimate of drug-likeness (QED) is 0.493. The van der Waals surface area contributed by atoms with Crippen molar-refractivity contribution in [1.82, 2.24) is 0 Å². The maximum absolute atomic E-state index is 11.3. The maximum Gasteiger partial charge on any atom is 0.334 e. The largest absolute Gasteiger partial charge is 0.462 e. The van der Waals surface area contributed by atoms with Gasteiger partial charge in [-0.25, -0.2) is 4.79 Å². The Bertz CT molecular complexity index is 208. The summed E-state index contributed by atoms with van der Waals surface area (Å²) in [4.78, 5) is 11.3. The molecule has 0 saturated carbocycles. The number of esters is 1. The molecule has 2 nitrogen and oxygen atoms in total. The fourth-order valence-electron chi connectivity index (χ4n) is 1.79. The van der Waals surface area contributed by atoms with Crippen molar-refractivity contribution < 1.29 is 9.53 Å². The number of hydrogen-bond acceptors (Lipinski definition) is 2. The van der Waals surface area contributed by atoms with Gasteiger partial charge in [0.1, 0.15) is 0 Å². The highest BCUT2D eigenvalue weighted by Gasteiger charge is 2.21. The van der Waals surface area contributed by atoms with Gasteiger partial charge in [-0.2, -0.15) is 0 Å². The highest BCUT2D eigenvalue weighted by molar-refractivity contribution is 5.91. The van der Waals surface area contributed by atoms with Crippen molar-refractivity contribution in [2.24, 2.45) is 0 Å². The van der Waals surface area contributed by atoms with Gasteiger partial charge in [0.25, 0.3) is 0 Å². The van der Waals surface area contributed by atoms with Crippen molar-refractivity contribution in [3.8, 4) is 0 Å². The van der Waals surface area contributed by atoms with Gasteiger partial charge in [-0.1, -0.05) is 32.3 Å². The molecular weight excluding hydrogens is 164 g/mol. The van der Waals surface area contributed by atoms with Crippen LogP contribution in [-0.2, 0) is 9.53 Å². The maximum atomic E-state index is 11.3. The molecule has 0 radical (unpaired) electrons. The number of cyclic esters (lactones) is 1. The predicted molar refractivity (Wildman–Crippen MR) is 52.4 cm³/mol. The van der Waals surface area contributed by atoms with Gasteiger partial charge in [0, 0.05) is 12.0 Å². The number of hydrogen-bond donors (Lipinski definition) is 0. The third-order valence-electron chi connectivity index (χ3n) is 2.36. The van der Waals surface area contributed by atoms with Gasteiger partial charge in [0.05, 0.1) is 6.61 Å². The first-order valence-corrected chi connectivity index (χ1v) is 5.17. The summed E-state index contributed by atoms with van der Waals surface area (Å²) >= 11 is 0. The van der Waals surface area contributed by atoms with Crippen LogP contribution in [0.15, 0.2) is 11.1 Å². The molecule has 0 bridgehead atoms. The van der Waals surface area contributed by atoms with E-state index < -0.39 is 0 Å². The van der Waals surface area contributed by atoms with Crippen LogP contribution in [0.1, 0.15) is 46.0 Å². The molecule has 2 heteroatoms. The van der Waals surface area contributed by atoms with Crippen LogP contribution in [0.25, 0.3) is 0 Å². The lowest BCUT2D eigenvalue weighted by molar-refractivity contribution is -0.135. The van der Waals surface area contributed by atoms with Crippen molar-refractivity contribution >= 4 is 5.97 Å². The van der Waals surface area contributed by atoms with Gasteiger partial charge in [-0.05, 0) is 12.8 Å². The molecule has 0 aromatic carbocycles. The molecule has 1 fully saturated rings. The Kier molecular flexibility index (Phi) is 4.00. The summed E-state index contributed by atoms with van der Waals surface area (Å²) in [5.41, 5.74) is 2.29. The minimum atomic E-state index is -0.0723. The summed E-state index contributed by atoms with van der Waals surface area (Å²) in [6, 6.07) is 0. The average Bonchev–Trinajstić information content (AvgIpc) is 2.51. The van der Waals surface area contributed by atoms with Crippen LogP contribution >= 0.6 is 0 Å². The number of allylic oxidation sites excluding steroid dienone is 1. The Balaban J connectivity index is 2.74. The lowest BCUT2D eigenvalue weighted by atomic mass is 9.98. The normalized spacial score (nSPS) is 16.2. The van der Waals surface area contributed by atoms with Crippen LogP contribution in [0.2, 0.25) is 0 Å². The molecule has 74 valence electrons. The van der Waals surface area contributed by atoms with E-state index in [-0.39, 0.29) is 5.97 Å². The zero-order valence-corrected chi connectivity index (χ0v) is 8.56. The minimum Gasteiger partial charge on any atom is -0.462 e. The number of carbonyl (C=O) groups is 1. The topological polar surface area (TPSA) is 26.3 Å². The third kappa shape index (κ3) is 2.58. The molecule has 1 heterocycles. The van der Waals surface area contributed by atoms with Gasteiger partial charge < -0.3 is 4.74 Å².